The Morgan fingerprint density at radius 3 is 2.89 bits per heavy atom. The molecule has 2 aromatic carbocycles. The van der Waals surface area contributed by atoms with Crippen LogP contribution in [-0.2, 0) is 4.74 Å². The fraction of sp³-hybridized carbons (Fsp3) is 0.158. The SMILES string of the molecule is CCOC(=O)c1ccc(-n2cc(-c3n[nH]c4ccccc34)nn2)cc1OC. The van der Waals surface area contributed by atoms with Crippen molar-refractivity contribution in [2.45, 2.75) is 6.92 Å². The lowest BCUT2D eigenvalue weighted by molar-refractivity contribution is 0.0522. The lowest BCUT2D eigenvalue weighted by atomic mass is 10.1. The molecule has 0 amide bonds. The van der Waals surface area contributed by atoms with E-state index >= 15 is 0 Å². The summed E-state index contributed by atoms with van der Waals surface area (Å²) < 4.78 is 12.0. The number of hydrogen-bond donors (Lipinski definition) is 1. The quantitative estimate of drug-likeness (QED) is 0.548. The molecule has 0 spiro atoms. The minimum Gasteiger partial charge on any atom is -0.496 e. The Morgan fingerprint density at radius 2 is 2.07 bits per heavy atom. The fourth-order valence-corrected chi connectivity index (χ4v) is 2.86. The van der Waals surface area contributed by atoms with Crippen molar-refractivity contribution in [3.63, 3.8) is 0 Å². The monoisotopic (exact) mass is 363 g/mol. The van der Waals surface area contributed by atoms with Crippen LogP contribution in [0, 0.1) is 0 Å². The average molecular weight is 363 g/mol. The molecule has 0 atom stereocenters. The third kappa shape index (κ3) is 3.01. The largest absolute Gasteiger partial charge is 0.496 e. The molecule has 8 heteroatoms. The number of ether oxygens (including phenoxy) is 2. The van der Waals surface area contributed by atoms with Gasteiger partial charge in [-0.05, 0) is 25.1 Å². The number of methoxy groups -OCH3 is 1. The molecular weight excluding hydrogens is 346 g/mol. The lowest BCUT2D eigenvalue weighted by Crippen LogP contribution is -2.07. The standard InChI is InChI=1S/C19H17N5O3/c1-3-27-19(25)14-9-8-12(10-17(14)26-2)24-11-16(21-23-24)18-13-6-4-5-7-15(13)20-22-18/h4-11H,3H2,1-2H3,(H,20,22). The Bertz CT molecular complexity index is 1120. The number of fused-ring (bicyclic) bond motifs is 1. The molecular formula is C19H17N5O3. The van der Waals surface area contributed by atoms with Crippen LogP contribution < -0.4 is 4.74 Å². The van der Waals surface area contributed by atoms with Gasteiger partial charge in [-0.2, -0.15) is 5.10 Å². The predicted octanol–water partition coefficient (Wildman–Crippen LogP) is 3.00. The number of carbonyl (C=O) groups excluding carboxylic acids is 1. The van der Waals surface area contributed by atoms with Gasteiger partial charge in [0, 0.05) is 11.5 Å². The van der Waals surface area contributed by atoms with Crippen molar-refractivity contribution in [1.82, 2.24) is 25.2 Å². The summed E-state index contributed by atoms with van der Waals surface area (Å²) in [6.07, 6.45) is 1.78. The number of nitrogens with one attached hydrogen (secondary N) is 1. The topological polar surface area (TPSA) is 94.9 Å². The van der Waals surface area contributed by atoms with E-state index in [1.54, 1.807) is 36.0 Å². The van der Waals surface area contributed by atoms with Crippen LogP contribution in [-0.4, -0.2) is 44.9 Å². The highest BCUT2D eigenvalue weighted by atomic mass is 16.5. The molecule has 0 unspecified atom stereocenters. The molecule has 0 aliphatic rings. The highest BCUT2D eigenvalue weighted by molar-refractivity contribution is 5.93. The molecule has 136 valence electrons. The van der Waals surface area contributed by atoms with E-state index in [1.807, 2.05) is 24.3 Å². The van der Waals surface area contributed by atoms with Crippen LogP contribution in [0.15, 0.2) is 48.7 Å². The zero-order valence-corrected chi connectivity index (χ0v) is 14.8. The number of aromatic amines is 1. The van der Waals surface area contributed by atoms with Crippen LogP contribution in [0.4, 0.5) is 0 Å². The van der Waals surface area contributed by atoms with Crippen molar-refractivity contribution < 1.29 is 14.3 Å². The highest BCUT2D eigenvalue weighted by Crippen LogP contribution is 2.26. The molecule has 27 heavy (non-hydrogen) atoms. The van der Waals surface area contributed by atoms with E-state index in [4.69, 9.17) is 9.47 Å². The summed E-state index contributed by atoms with van der Waals surface area (Å²) in [4.78, 5) is 12.0. The van der Waals surface area contributed by atoms with Crippen LogP contribution in [0.5, 0.6) is 5.75 Å². The minimum absolute atomic E-state index is 0.299. The number of para-hydroxylation sites is 1. The predicted molar refractivity (Wildman–Crippen MR) is 99.0 cm³/mol. The van der Waals surface area contributed by atoms with Crippen LogP contribution >= 0.6 is 0 Å². The second-order valence-corrected chi connectivity index (χ2v) is 5.77. The summed E-state index contributed by atoms with van der Waals surface area (Å²) >= 11 is 0. The molecule has 0 aliphatic carbocycles. The second-order valence-electron chi connectivity index (χ2n) is 5.77. The lowest BCUT2D eigenvalue weighted by Gasteiger charge is -2.09. The normalized spacial score (nSPS) is 10.9. The average Bonchev–Trinajstić information content (AvgIpc) is 3.34. The van der Waals surface area contributed by atoms with E-state index in [1.165, 1.54) is 7.11 Å². The molecule has 1 N–H and O–H groups in total. The molecule has 4 rings (SSSR count). The summed E-state index contributed by atoms with van der Waals surface area (Å²) in [6, 6.07) is 12.9. The Balaban J connectivity index is 1.70. The minimum atomic E-state index is -0.428. The first-order valence-electron chi connectivity index (χ1n) is 8.42. The van der Waals surface area contributed by atoms with Crippen molar-refractivity contribution in [2.24, 2.45) is 0 Å². The number of hydrogen-bond acceptors (Lipinski definition) is 6. The molecule has 4 aromatic rings. The highest BCUT2D eigenvalue weighted by Gasteiger charge is 2.16. The zero-order chi connectivity index (χ0) is 18.8. The summed E-state index contributed by atoms with van der Waals surface area (Å²) in [5.74, 6) is -0.0172. The summed E-state index contributed by atoms with van der Waals surface area (Å²) in [5, 5.41) is 16.7. The van der Waals surface area contributed by atoms with Gasteiger partial charge in [0.05, 0.1) is 31.1 Å². The molecule has 2 aromatic heterocycles. The maximum atomic E-state index is 12.0. The number of aromatic nitrogens is 5. The molecule has 0 fully saturated rings. The maximum Gasteiger partial charge on any atom is 0.341 e. The van der Waals surface area contributed by atoms with Gasteiger partial charge >= 0.3 is 5.97 Å². The van der Waals surface area contributed by atoms with Gasteiger partial charge < -0.3 is 9.47 Å². The number of carbonyl (C=O) groups is 1. The van der Waals surface area contributed by atoms with Crippen molar-refractivity contribution in [3.05, 3.63) is 54.2 Å². The molecule has 8 nitrogen and oxygen atoms in total. The first kappa shape index (κ1) is 16.8. The van der Waals surface area contributed by atoms with Crippen LogP contribution in [0.2, 0.25) is 0 Å². The van der Waals surface area contributed by atoms with Crippen molar-refractivity contribution >= 4 is 16.9 Å². The number of rotatable bonds is 5. The van der Waals surface area contributed by atoms with Gasteiger partial charge in [0.25, 0.3) is 0 Å². The third-order valence-electron chi connectivity index (χ3n) is 4.15. The Morgan fingerprint density at radius 1 is 1.22 bits per heavy atom. The molecule has 2 heterocycles. The molecule has 0 aliphatic heterocycles. The van der Waals surface area contributed by atoms with E-state index in [2.05, 4.69) is 20.5 Å². The van der Waals surface area contributed by atoms with Gasteiger partial charge in [0.15, 0.2) is 0 Å². The van der Waals surface area contributed by atoms with Gasteiger partial charge in [-0.25, -0.2) is 9.48 Å². The summed E-state index contributed by atoms with van der Waals surface area (Å²) in [6.45, 7) is 2.06. The Hall–Kier alpha value is -3.68. The third-order valence-corrected chi connectivity index (χ3v) is 4.15. The fourth-order valence-electron chi connectivity index (χ4n) is 2.86. The van der Waals surface area contributed by atoms with E-state index in [9.17, 15) is 4.79 Å². The van der Waals surface area contributed by atoms with Gasteiger partial charge in [-0.15, -0.1) is 5.10 Å². The van der Waals surface area contributed by atoms with Gasteiger partial charge in [-0.1, -0.05) is 23.4 Å². The van der Waals surface area contributed by atoms with Gasteiger partial charge in [0.1, 0.15) is 22.7 Å². The van der Waals surface area contributed by atoms with Crippen molar-refractivity contribution in [3.8, 4) is 22.8 Å². The maximum absolute atomic E-state index is 12.0. The molecule has 0 radical (unpaired) electrons. The van der Waals surface area contributed by atoms with Gasteiger partial charge in [0.2, 0.25) is 0 Å². The number of nitrogens with zero attached hydrogens (tertiary/aromatic N) is 4. The smallest absolute Gasteiger partial charge is 0.341 e. The Labute approximate surface area is 154 Å². The van der Waals surface area contributed by atoms with E-state index < -0.39 is 5.97 Å². The number of esters is 1. The summed E-state index contributed by atoms with van der Waals surface area (Å²) in [7, 11) is 1.50. The second kappa shape index (κ2) is 6.91. The van der Waals surface area contributed by atoms with Crippen LogP contribution in [0.1, 0.15) is 17.3 Å². The number of H-pyrrole nitrogens is 1. The number of benzene rings is 2. The van der Waals surface area contributed by atoms with Crippen LogP contribution in [0.3, 0.4) is 0 Å². The molecule has 0 saturated heterocycles. The van der Waals surface area contributed by atoms with E-state index in [0.717, 1.165) is 16.6 Å². The van der Waals surface area contributed by atoms with Crippen LogP contribution in [0.25, 0.3) is 28.0 Å². The first-order valence-corrected chi connectivity index (χ1v) is 8.42. The van der Waals surface area contributed by atoms with Gasteiger partial charge in [-0.3, -0.25) is 5.10 Å². The first-order chi connectivity index (χ1) is 13.2. The summed E-state index contributed by atoms with van der Waals surface area (Å²) in [5.41, 5.74) is 3.37. The Kier molecular flexibility index (Phi) is 4.29. The van der Waals surface area contributed by atoms with Crippen molar-refractivity contribution in [2.75, 3.05) is 13.7 Å². The zero-order valence-electron chi connectivity index (χ0n) is 14.8. The molecule has 0 saturated carbocycles. The molecule has 0 bridgehead atoms. The van der Waals surface area contributed by atoms with E-state index in [0.29, 0.717) is 29.3 Å². The van der Waals surface area contributed by atoms with Crippen molar-refractivity contribution in [1.29, 1.82) is 0 Å². The van der Waals surface area contributed by atoms with E-state index in [-0.39, 0.29) is 0 Å².